The lowest BCUT2D eigenvalue weighted by molar-refractivity contribution is -0.132. The summed E-state index contributed by atoms with van der Waals surface area (Å²) in [5.74, 6) is 0.0685. The van der Waals surface area contributed by atoms with Crippen LogP contribution in [-0.4, -0.2) is 34.7 Å². The third-order valence-corrected chi connectivity index (χ3v) is 8.30. The fourth-order valence-corrected chi connectivity index (χ4v) is 6.05. The predicted octanol–water partition coefficient (Wildman–Crippen LogP) is 7.37. The first-order valence-electron chi connectivity index (χ1n) is 12.8. The van der Waals surface area contributed by atoms with Crippen molar-refractivity contribution in [1.29, 1.82) is 0 Å². The number of hydrogen-bond acceptors (Lipinski definition) is 4. The summed E-state index contributed by atoms with van der Waals surface area (Å²) < 4.78 is 13.4. The Kier molecular flexibility index (Phi) is 8.30. The summed E-state index contributed by atoms with van der Waals surface area (Å²) in [6.07, 6.45) is 2.84. The smallest absolute Gasteiger partial charge is 0.222 e. The lowest BCUT2D eigenvalue weighted by Gasteiger charge is -2.31. The highest BCUT2D eigenvalue weighted by Crippen LogP contribution is 2.32. The van der Waals surface area contributed by atoms with Gasteiger partial charge in [0.1, 0.15) is 11.5 Å². The van der Waals surface area contributed by atoms with Crippen molar-refractivity contribution in [1.82, 2.24) is 9.88 Å². The molecule has 1 aliphatic heterocycles. The Balaban J connectivity index is 1.16. The van der Waals surface area contributed by atoms with Crippen LogP contribution in [0.4, 0.5) is 4.39 Å². The van der Waals surface area contributed by atoms with Gasteiger partial charge in [0.15, 0.2) is 5.78 Å². The average molecular weight is 547 g/mol. The molecule has 1 saturated heterocycles. The summed E-state index contributed by atoms with van der Waals surface area (Å²) in [5, 5.41) is 3.50. The van der Waals surface area contributed by atoms with Crippen molar-refractivity contribution >= 4 is 34.6 Å². The minimum Gasteiger partial charge on any atom is -0.343 e. The van der Waals surface area contributed by atoms with Gasteiger partial charge in [0.05, 0.1) is 5.01 Å². The first kappa shape index (κ1) is 26.3. The van der Waals surface area contributed by atoms with E-state index in [4.69, 9.17) is 16.6 Å². The van der Waals surface area contributed by atoms with Crippen molar-refractivity contribution < 1.29 is 14.0 Å². The zero-order chi connectivity index (χ0) is 26.5. The van der Waals surface area contributed by atoms with Gasteiger partial charge in [0, 0.05) is 42.3 Å². The maximum Gasteiger partial charge on any atom is 0.222 e. The topological polar surface area (TPSA) is 50.3 Å². The standard InChI is InChI=1S/C31H28ClFN2O2S/c32-25-11-9-22(10-12-25)27-7-2-1-5-24(27)19-29(36)28-20-38-31(34-28)23-14-16-35(17-15-23)30(37)13-8-21-4-3-6-26(33)18-21/h1-7,9-12,18,20,23H,8,13-17,19H2. The van der Waals surface area contributed by atoms with Gasteiger partial charge in [0.2, 0.25) is 5.91 Å². The lowest BCUT2D eigenvalue weighted by atomic mass is 9.95. The summed E-state index contributed by atoms with van der Waals surface area (Å²) in [6, 6.07) is 22.0. The van der Waals surface area contributed by atoms with E-state index in [1.165, 1.54) is 23.5 Å². The molecule has 0 radical (unpaired) electrons. The van der Waals surface area contributed by atoms with Crippen LogP contribution in [0.1, 0.15) is 51.8 Å². The van der Waals surface area contributed by atoms with Crippen molar-refractivity contribution in [3.63, 3.8) is 0 Å². The molecule has 0 saturated carbocycles. The van der Waals surface area contributed by atoms with Crippen molar-refractivity contribution in [2.24, 2.45) is 0 Å². The third-order valence-electron chi connectivity index (χ3n) is 7.04. The van der Waals surface area contributed by atoms with E-state index in [-0.39, 0.29) is 29.8 Å². The summed E-state index contributed by atoms with van der Waals surface area (Å²) in [4.78, 5) is 32.4. The highest BCUT2D eigenvalue weighted by atomic mass is 35.5. The number of piperidine rings is 1. The molecule has 1 aliphatic rings. The van der Waals surface area contributed by atoms with Gasteiger partial charge >= 0.3 is 0 Å². The summed E-state index contributed by atoms with van der Waals surface area (Å²) in [5.41, 5.74) is 4.34. The molecule has 0 N–H and O–H groups in total. The Bertz CT molecular complexity index is 1430. The Labute approximate surface area is 231 Å². The van der Waals surface area contributed by atoms with Crippen LogP contribution < -0.4 is 0 Å². The average Bonchev–Trinajstić information content (AvgIpc) is 3.43. The normalized spacial score (nSPS) is 14.0. The number of carbonyl (C=O) groups excluding carboxylic acids is 2. The highest BCUT2D eigenvalue weighted by molar-refractivity contribution is 7.09. The minimum absolute atomic E-state index is 0.00104. The summed E-state index contributed by atoms with van der Waals surface area (Å²) in [6.45, 7) is 1.34. The molecule has 38 heavy (non-hydrogen) atoms. The molecule has 4 nitrogen and oxygen atoms in total. The van der Waals surface area contributed by atoms with Crippen molar-refractivity contribution in [2.75, 3.05) is 13.1 Å². The number of Topliss-reactive ketones (excluding diaryl/α,β-unsaturated/α-hetero) is 1. The maximum absolute atomic E-state index is 13.4. The van der Waals surface area contributed by atoms with Gasteiger partial charge in [-0.3, -0.25) is 9.59 Å². The largest absolute Gasteiger partial charge is 0.343 e. The second-order valence-corrected chi connectivity index (χ2v) is 10.9. The number of hydrogen-bond donors (Lipinski definition) is 0. The summed E-state index contributed by atoms with van der Waals surface area (Å²) in [7, 11) is 0. The van der Waals surface area contributed by atoms with Crippen LogP contribution in [0.3, 0.4) is 0 Å². The Hall–Kier alpha value is -3.35. The van der Waals surface area contributed by atoms with Crippen LogP contribution in [0.2, 0.25) is 5.02 Å². The second kappa shape index (κ2) is 12.0. The van der Waals surface area contributed by atoms with E-state index in [2.05, 4.69) is 0 Å². The number of likely N-dealkylation sites (tertiary alicyclic amines) is 1. The van der Waals surface area contributed by atoms with E-state index in [1.54, 1.807) is 6.07 Å². The molecule has 2 heterocycles. The van der Waals surface area contributed by atoms with E-state index in [1.807, 2.05) is 64.9 Å². The molecule has 4 aromatic rings. The minimum atomic E-state index is -0.275. The van der Waals surface area contributed by atoms with Crippen LogP contribution >= 0.6 is 22.9 Å². The summed E-state index contributed by atoms with van der Waals surface area (Å²) >= 11 is 7.57. The number of carbonyl (C=O) groups is 2. The van der Waals surface area contributed by atoms with Crippen molar-refractivity contribution in [3.05, 3.63) is 111 Å². The highest BCUT2D eigenvalue weighted by Gasteiger charge is 2.26. The first-order valence-corrected chi connectivity index (χ1v) is 14.1. The molecule has 0 aliphatic carbocycles. The van der Waals surface area contributed by atoms with E-state index in [0.29, 0.717) is 36.6 Å². The Morgan fingerprint density at radius 2 is 1.76 bits per heavy atom. The first-order chi connectivity index (χ1) is 18.5. The third kappa shape index (κ3) is 6.37. The van der Waals surface area contributed by atoms with Crippen LogP contribution in [0.25, 0.3) is 11.1 Å². The maximum atomic E-state index is 13.4. The van der Waals surface area contributed by atoms with Crippen LogP contribution in [0.5, 0.6) is 0 Å². The van der Waals surface area contributed by atoms with Crippen molar-refractivity contribution in [3.8, 4) is 11.1 Å². The zero-order valence-electron chi connectivity index (χ0n) is 20.9. The fraction of sp³-hybridized carbons (Fsp3) is 0.258. The molecule has 1 fully saturated rings. The Morgan fingerprint density at radius 1 is 1.00 bits per heavy atom. The second-order valence-electron chi connectivity index (χ2n) is 9.62. The van der Waals surface area contributed by atoms with Gasteiger partial charge in [-0.25, -0.2) is 9.37 Å². The van der Waals surface area contributed by atoms with E-state index in [0.717, 1.165) is 40.1 Å². The van der Waals surface area contributed by atoms with Gasteiger partial charge in [-0.1, -0.05) is 60.1 Å². The number of benzene rings is 3. The molecule has 0 unspecified atom stereocenters. The number of thiazole rings is 1. The molecule has 7 heteroatoms. The molecule has 194 valence electrons. The number of nitrogens with zero attached hydrogens (tertiary/aromatic N) is 2. The van der Waals surface area contributed by atoms with Gasteiger partial charge in [-0.05, 0) is 65.8 Å². The van der Waals surface area contributed by atoms with Gasteiger partial charge < -0.3 is 4.90 Å². The molecule has 0 atom stereocenters. The SMILES string of the molecule is O=C(Cc1ccccc1-c1ccc(Cl)cc1)c1csc(C2CCN(C(=O)CCc3cccc(F)c3)CC2)n1. The number of ketones is 1. The molecule has 5 rings (SSSR count). The molecule has 0 spiro atoms. The number of aromatic nitrogens is 1. The van der Waals surface area contributed by atoms with Gasteiger partial charge in [-0.2, -0.15) is 0 Å². The predicted molar refractivity (Wildman–Crippen MR) is 150 cm³/mol. The van der Waals surface area contributed by atoms with E-state index < -0.39 is 0 Å². The van der Waals surface area contributed by atoms with Gasteiger partial charge in [-0.15, -0.1) is 11.3 Å². The number of rotatable bonds is 8. The molecule has 1 aromatic heterocycles. The Morgan fingerprint density at radius 3 is 2.53 bits per heavy atom. The van der Waals surface area contributed by atoms with Crippen molar-refractivity contribution in [2.45, 2.75) is 38.0 Å². The van der Waals surface area contributed by atoms with Crippen LogP contribution in [0.15, 0.2) is 78.2 Å². The monoisotopic (exact) mass is 546 g/mol. The number of amides is 1. The van der Waals surface area contributed by atoms with Crippen LogP contribution in [0, 0.1) is 5.82 Å². The number of aryl methyl sites for hydroxylation is 1. The molecule has 0 bridgehead atoms. The molecular weight excluding hydrogens is 519 g/mol. The van der Waals surface area contributed by atoms with E-state index in [9.17, 15) is 14.0 Å². The quantitative estimate of drug-likeness (QED) is 0.217. The fourth-order valence-electron chi connectivity index (χ4n) is 4.93. The number of halogens is 2. The zero-order valence-corrected chi connectivity index (χ0v) is 22.5. The van der Waals surface area contributed by atoms with Gasteiger partial charge in [0.25, 0.3) is 0 Å². The molecular formula is C31H28ClFN2O2S. The lowest BCUT2D eigenvalue weighted by Crippen LogP contribution is -2.38. The molecule has 1 amide bonds. The van der Waals surface area contributed by atoms with E-state index >= 15 is 0 Å². The molecule has 3 aromatic carbocycles. The van der Waals surface area contributed by atoms with Crippen LogP contribution in [-0.2, 0) is 17.6 Å².